The molecule has 0 aromatic heterocycles. The minimum absolute atomic E-state index is 0.231. The van der Waals surface area contributed by atoms with Crippen LogP contribution < -0.4 is 10.6 Å². The minimum Gasteiger partial charge on any atom is -0.322 e. The highest BCUT2D eigenvalue weighted by Crippen LogP contribution is 2.36. The summed E-state index contributed by atoms with van der Waals surface area (Å²) in [6.07, 6.45) is 1.42. The standard InChI is InChI=1S/C20H19ClN2O3/c1-2-20(12-11-17(24)23-19(20)26)14-5-9-16(10-6-14)22-18(25)13-3-7-15(21)8-4-13/h3-10H,2,11-12H2,1H3,(H,22,25)(H,23,24,26)/t20-/m0/s1. The van der Waals surface area contributed by atoms with E-state index < -0.39 is 5.41 Å². The summed E-state index contributed by atoms with van der Waals surface area (Å²) in [5.41, 5.74) is 1.28. The fraction of sp³-hybridized carbons (Fsp3) is 0.250. The van der Waals surface area contributed by atoms with Crippen molar-refractivity contribution in [3.05, 3.63) is 64.7 Å². The molecule has 0 radical (unpaired) electrons. The largest absolute Gasteiger partial charge is 0.322 e. The Morgan fingerprint density at radius 3 is 2.35 bits per heavy atom. The van der Waals surface area contributed by atoms with Gasteiger partial charge in [-0.15, -0.1) is 0 Å². The van der Waals surface area contributed by atoms with Crippen LogP contribution in [0.2, 0.25) is 5.02 Å². The van der Waals surface area contributed by atoms with E-state index >= 15 is 0 Å². The zero-order valence-corrected chi connectivity index (χ0v) is 15.1. The van der Waals surface area contributed by atoms with Crippen molar-refractivity contribution >= 4 is 35.0 Å². The van der Waals surface area contributed by atoms with E-state index in [-0.39, 0.29) is 17.7 Å². The molecule has 5 nitrogen and oxygen atoms in total. The summed E-state index contributed by atoms with van der Waals surface area (Å²) in [6, 6.07) is 13.8. The maximum atomic E-state index is 12.4. The van der Waals surface area contributed by atoms with Gasteiger partial charge < -0.3 is 5.32 Å². The van der Waals surface area contributed by atoms with Crippen LogP contribution in [0.1, 0.15) is 42.1 Å². The van der Waals surface area contributed by atoms with E-state index in [1.807, 2.05) is 19.1 Å². The summed E-state index contributed by atoms with van der Waals surface area (Å²) in [4.78, 5) is 36.1. The van der Waals surface area contributed by atoms with Gasteiger partial charge >= 0.3 is 0 Å². The Labute approximate surface area is 156 Å². The molecule has 1 heterocycles. The average molecular weight is 371 g/mol. The summed E-state index contributed by atoms with van der Waals surface area (Å²) in [5, 5.41) is 5.82. The van der Waals surface area contributed by atoms with Gasteiger partial charge in [-0.2, -0.15) is 0 Å². The molecule has 2 aromatic carbocycles. The molecule has 1 fully saturated rings. The second kappa shape index (κ2) is 7.30. The third kappa shape index (κ3) is 3.48. The van der Waals surface area contributed by atoms with Crippen LogP contribution in [0.25, 0.3) is 0 Å². The molecule has 1 atom stereocenters. The molecule has 1 saturated heterocycles. The predicted molar refractivity (Wildman–Crippen MR) is 100 cm³/mol. The molecule has 3 amide bonds. The third-order valence-corrected chi connectivity index (χ3v) is 5.12. The normalized spacial score (nSPS) is 19.8. The zero-order chi connectivity index (χ0) is 18.7. The molecule has 6 heteroatoms. The van der Waals surface area contributed by atoms with Crippen LogP contribution in [-0.2, 0) is 15.0 Å². The van der Waals surface area contributed by atoms with Crippen LogP contribution in [0.5, 0.6) is 0 Å². The molecule has 0 spiro atoms. The lowest BCUT2D eigenvalue weighted by molar-refractivity contribution is -0.138. The first-order chi connectivity index (χ1) is 12.4. The lowest BCUT2D eigenvalue weighted by Crippen LogP contribution is -2.51. The number of benzene rings is 2. The molecule has 2 N–H and O–H groups in total. The van der Waals surface area contributed by atoms with E-state index in [1.54, 1.807) is 36.4 Å². The van der Waals surface area contributed by atoms with Gasteiger partial charge in [-0.1, -0.05) is 30.7 Å². The summed E-state index contributed by atoms with van der Waals surface area (Å²) in [5.74, 6) is -0.722. The highest BCUT2D eigenvalue weighted by molar-refractivity contribution is 6.30. The Kier molecular flexibility index (Phi) is 5.09. The first-order valence-corrected chi connectivity index (χ1v) is 8.84. The van der Waals surface area contributed by atoms with Crippen molar-refractivity contribution in [1.82, 2.24) is 5.32 Å². The maximum Gasteiger partial charge on any atom is 0.255 e. The Hall–Kier alpha value is -2.66. The number of carbonyl (C=O) groups is 3. The molecule has 0 unspecified atom stereocenters. The topological polar surface area (TPSA) is 75.3 Å². The molecule has 1 aliphatic rings. The molecule has 134 valence electrons. The van der Waals surface area contributed by atoms with Crippen molar-refractivity contribution < 1.29 is 14.4 Å². The number of rotatable bonds is 4. The van der Waals surface area contributed by atoms with Crippen LogP contribution in [-0.4, -0.2) is 17.7 Å². The number of halogens is 1. The Balaban J connectivity index is 1.77. The van der Waals surface area contributed by atoms with E-state index in [4.69, 9.17) is 11.6 Å². The van der Waals surface area contributed by atoms with Crippen LogP contribution in [0.3, 0.4) is 0 Å². The number of anilines is 1. The van der Waals surface area contributed by atoms with Crippen molar-refractivity contribution in [2.24, 2.45) is 0 Å². The Bertz CT molecular complexity index is 846. The van der Waals surface area contributed by atoms with Gasteiger partial charge in [0.25, 0.3) is 5.91 Å². The molecular weight excluding hydrogens is 352 g/mol. The van der Waals surface area contributed by atoms with Gasteiger partial charge in [-0.3, -0.25) is 19.7 Å². The fourth-order valence-corrected chi connectivity index (χ4v) is 3.37. The first kappa shape index (κ1) is 18.1. The molecule has 0 aliphatic carbocycles. The van der Waals surface area contributed by atoms with Crippen molar-refractivity contribution in [2.75, 3.05) is 5.32 Å². The highest BCUT2D eigenvalue weighted by Gasteiger charge is 2.42. The van der Waals surface area contributed by atoms with Crippen molar-refractivity contribution in [3.8, 4) is 0 Å². The van der Waals surface area contributed by atoms with E-state index in [0.717, 1.165) is 5.56 Å². The lowest BCUT2D eigenvalue weighted by atomic mass is 9.72. The predicted octanol–water partition coefficient (Wildman–Crippen LogP) is 3.68. The lowest BCUT2D eigenvalue weighted by Gasteiger charge is -2.35. The summed E-state index contributed by atoms with van der Waals surface area (Å²) in [7, 11) is 0. The van der Waals surface area contributed by atoms with Crippen molar-refractivity contribution in [3.63, 3.8) is 0 Å². The van der Waals surface area contributed by atoms with Gasteiger partial charge in [-0.05, 0) is 54.8 Å². The van der Waals surface area contributed by atoms with Gasteiger partial charge in [0.05, 0.1) is 5.41 Å². The van der Waals surface area contributed by atoms with Crippen LogP contribution in [0.4, 0.5) is 5.69 Å². The molecule has 1 aliphatic heterocycles. The van der Waals surface area contributed by atoms with Crippen LogP contribution >= 0.6 is 11.6 Å². The van der Waals surface area contributed by atoms with E-state index in [2.05, 4.69) is 10.6 Å². The van der Waals surface area contributed by atoms with Gasteiger partial charge in [-0.25, -0.2) is 0 Å². The summed E-state index contributed by atoms with van der Waals surface area (Å²) >= 11 is 5.83. The van der Waals surface area contributed by atoms with Gasteiger partial charge in [0.1, 0.15) is 0 Å². The third-order valence-electron chi connectivity index (χ3n) is 4.87. The second-order valence-electron chi connectivity index (χ2n) is 6.35. The van der Waals surface area contributed by atoms with Gasteiger partial charge in [0.2, 0.25) is 11.8 Å². The van der Waals surface area contributed by atoms with Crippen molar-refractivity contribution in [2.45, 2.75) is 31.6 Å². The SMILES string of the molecule is CC[C@@]1(c2ccc(NC(=O)c3ccc(Cl)cc3)cc2)CCC(=O)NC1=O. The summed E-state index contributed by atoms with van der Waals surface area (Å²) < 4.78 is 0. The fourth-order valence-electron chi connectivity index (χ4n) is 3.24. The molecule has 0 saturated carbocycles. The molecular formula is C20H19ClN2O3. The smallest absolute Gasteiger partial charge is 0.255 e. The molecule has 26 heavy (non-hydrogen) atoms. The molecule has 0 bridgehead atoms. The minimum atomic E-state index is -0.702. The maximum absolute atomic E-state index is 12.4. The number of piperidine rings is 1. The number of amides is 3. The highest BCUT2D eigenvalue weighted by atomic mass is 35.5. The van der Waals surface area contributed by atoms with Gasteiger partial charge in [0.15, 0.2) is 0 Å². The average Bonchev–Trinajstić information content (AvgIpc) is 2.64. The quantitative estimate of drug-likeness (QED) is 0.806. The first-order valence-electron chi connectivity index (χ1n) is 8.46. The van der Waals surface area contributed by atoms with E-state index in [0.29, 0.717) is 35.5 Å². The number of hydrogen-bond acceptors (Lipinski definition) is 3. The molecule has 3 rings (SSSR count). The molecule has 2 aromatic rings. The number of hydrogen-bond donors (Lipinski definition) is 2. The number of nitrogens with one attached hydrogen (secondary N) is 2. The second-order valence-corrected chi connectivity index (χ2v) is 6.79. The van der Waals surface area contributed by atoms with E-state index in [1.165, 1.54) is 0 Å². The Morgan fingerprint density at radius 2 is 1.77 bits per heavy atom. The van der Waals surface area contributed by atoms with E-state index in [9.17, 15) is 14.4 Å². The van der Waals surface area contributed by atoms with Gasteiger partial charge in [0, 0.05) is 22.7 Å². The number of carbonyl (C=O) groups excluding carboxylic acids is 3. The monoisotopic (exact) mass is 370 g/mol. The van der Waals surface area contributed by atoms with Crippen molar-refractivity contribution in [1.29, 1.82) is 0 Å². The zero-order valence-electron chi connectivity index (χ0n) is 14.3. The Morgan fingerprint density at radius 1 is 1.12 bits per heavy atom. The summed E-state index contributed by atoms with van der Waals surface area (Å²) in [6.45, 7) is 1.94. The van der Waals surface area contributed by atoms with Crippen LogP contribution in [0, 0.1) is 0 Å². The number of imide groups is 1. The van der Waals surface area contributed by atoms with Crippen LogP contribution in [0.15, 0.2) is 48.5 Å².